The van der Waals surface area contributed by atoms with Gasteiger partial charge in [0.2, 0.25) is 5.95 Å². The number of nitriles is 1. The highest BCUT2D eigenvalue weighted by Crippen LogP contribution is 2.44. The standard InChI is InChI=1S/C26H19F6N7O2S/c1-4-42(40,41)23-20(22-35-19-9-16(11-34-21(19)37(22)2)25(28,29)26(30,31)32)36-24(38(23)3)39-12-15(10-33)18(13-39)14-5-7-17(27)8-6-14/h5-9,11-13H,4H2,1-3H3. The average molecular weight is 608 g/mol. The topological polar surface area (TPSA) is 111 Å². The first-order chi connectivity index (χ1) is 19.6. The number of nitrogens with zero attached hydrogens (tertiary/aromatic N) is 7. The number of hydrogen-bond acceptors (Lipinski definition) is 6. The molecule has 42 heavy (non-hydrogen) atoms. The summed E-state index contributed by atoms with van der Waals surface area (Å²) in [6.07, 6.45) is -2.59. The molecule has 0 saturated heterocycles. The Bertz CT molecular complexity index is 2000. The van der Waals surface area contributed by atoms with Crippen molar-refractivity contribution in [3.05, 3.63) is 65.9 Å². The molecule has 0 aliphatic heterocycles. The number of aryl methyl sites for hydroxylation is 1. The van der Waals surface area contributed by atoms with Crippen LogP contribution in [0.25, 0.3) is 39.8 Å². The molecule has 5 aromatic rings. The van der Waals surface area contributed by atoms with Gasteiger partial charge < -0.3 is 9.13 Å². The molecule has 1 aromatic carbocycles. The van der Waals surface area contributed by atoms with Crippen LogP contribution in [0.4, 0.5) is 26.3 Å². The Morgan fingerprint density at radius 2 is 1.67 bits per heavy atom. The number of sulfone groups is 1. The molecule has 16 heteroatoms. The van der Waals surface area contributed by atoms with Crippen LogP contribution in [0.5, 0.6) is 0 Å². The van der Waals surface area contributed by atoms with E-state index in [0.717, 1.165) is 0 Å². The summed E-state index contributed by atoms with van der Waals surface area (Å²) in [6.45, 7) is 1.39. The number of fused-ring (bicyclic) bond motifs is 1. The third kappa shape index (κ3) is 4.49. The molecule has 0 N–H and O–H groups in total. The molecule has 0 fully saturated rings. The zero-order valence-electron chi connectivity index (χ0n) is 21.9. The van der Waals surface area contributed by atoms with Gasteiger partial charge in [-0.25, -0.2) is 27.8 Å². The second kappa shape index (κ2) is 9.72. The van der Waals surface area contributed by atoms with Crippen LogP contribution in [-0.2, 0) is 29.9 Å². The van der Waals surface area contributed by atoms with Crippen LogP contribution in [0.3, 0.4) is 0 Å². The van der Waals surface area contributed by atoms with Crippen LogP contribution in [-0.4, -0.2) is 49.0 Å². The molecule has 0 amide bonds. The monoisotopic (exact) mass is 607 g/mol. The molecule has 0 aliphatic rings. The molecular formula is C26H19F6N7O2S. The zero-order chi connectivity index (χ0) is 30.8. The third-order valence-electron chi connectivity index (χ3n) is 6.67. The van der Waals surface area contributed by atoms with E-state index in [4.69, 9.17) is 0 Å². The molecule has 0 saturated carbocycles. The van der Waals surface area contributed by atoms with Crippen molar-refractivity contribution in [2.24, 2.45) is 14.1 Å². The van der Waals surface area contributed by atoms with Crippen molar-refractivity contribution in [3.63, 3.8) is 0 Å². The van der Waals surface area contributed by atoms with Crippen molar-refractivity contribution in [3.8, 4) is 34.7 Å². The van der Waals surface area contributed by atoms with E-state index >= 15 is 0 Å². The number of pyridine rings is 1. The quantitative estimate of drug-likeness (QED) is 0.243. The van der Waals surface area contributed by atoms with Crippen LogP contribution in [0, 0.1) is 17.1 Å². The minimum absolute atomic E-state index is 0.0196. The van der Waals surface area contributed by atoms with Gasteiger partial charge in [-0.15, -0.1) is 0 Å². The number of halogens is 6. The van der Waals surface area contributed by atoms with E-state index in [1.54, 1.807) is 0 Å². The molecule has 9 nitrogen and oxygen atoms in total. The first-order valence-corrected chi connectivity index (χ1v) is 13.7. The van der Waals surface area contributed by atoms with Crippen molar-refractivity contribution in [2.45, 2.75) is 24.0 Å². The van der Waals surface area contributed by atoms with Crippen LogP contribution < -0.4 is 0 Å². The van der Waals surface area contributed by atoms with E-state index in [9.17, 15) is 40.0 Å². The van der Waals surface area contributed by atoms with Crippen LogP contribution >= 0.6 is 0 Å². The summed E-state index contributed by atoms with van der Waals surface area (Å²) >= 11 is 0. The van der Waals surface area contributed by atoms with Crippen molar-refractivity contribution >= 4 is 21.0 Å². The lowest BCUT2D eigenvalue weighted by molar-refractivity contribution is -0.289. The second-order valence-electron chi connectivity index (χ2n) is 9.27. The molecule has 0 bridgehead atoms. The van der Waals surface area contributed by atoms with Crippen LogP contribution in [0.1, 0.15) is 18.1 Å². The van der Waals surface area contributed by atoms with E-state index in [1.807, 2.05) is 6.07 Å². The van der Waals surface area contributed by atoms with Crippen molar-refractivity contribution in [1.82, 2.24) is 28.7 Å². The van der Waals surface area contributed by atoms with Gasteiger partial charge in [0.15, 0.2) is 26.3 Å². The van der Waals surface area contributed by atoms with Gasteiger partial charge in [-0.2, -0.15) is 27.2 Å². The highest BCUT2D eigenvalue weighted by molar-refractivity contribution is 7.91. The summed E-state index contributed by atoms with van der Waals surface area (Å²) in [4.78, 5) is 12.4. The fourth-order valence-corrected chi connectivity index (χ4v) is 5.69. The van der Waals surface area contributed by atoms with Gasteiger partial charge in [-0.05, 0) is 23.8 Å². The van der Waals surface area contributed by atoms with E-state index in [-0.39, 0.29) is 45.0 Å². The minimum atomic E-state index is -5.87. The Morgan fingerprint density at radius 3 is 2.26 bits per heavy atom. The first kappa shape index (κ1) is 28.9. The molecule has 0 atom stereocenters. The Hall–Kier alpha value is -4.65. The maximum absolute atomic E-state index is 14.0. The largest absolute Gasteiger partial charge is 0.458 e. The van der Waals surface area contributed by atoms with Crippen molar-refractivity contribution < 1.29 is 34.8 Å². The predicted octanol–water partition coefficient (Wildman–Crippen LogP) is 5.28. The van der Waals surface area contributed by atoms with Gasteiger partial charge >= 0.3 is 12.1 Å². The summed E-state index contributed by atoms with van der Waals surface area (Å²) in [7, 11) is -1.24. The summed E-state index contributed by atoms with van der Waals surface area (Å²) in [5.74, 6) is -6.18. The first-order valence-electron chi connectivity index (χ1n) is 12.1. The number of imidazole rings is 2. The predicted molar refractivity (Wildman–Crippen MR) is 138 cm³/mol. The lowest BCUT2D eigenvalue weighted by Crippen LogP contribution is -2.33. The maximum atomic E-state index is 14.0. The number of benzene rings is 1. The zero-order valence-corrected chi connectivity index (χ0v) is 22.8. The number of hydrogen-bond donors (Lipinski definition) is 0. The molecule has 218 valence electrons. The summed E-state index contributed by atoms with van der Waals surface area (Å²) in [6, 6.07) is 7.94. The fraction of sp³-hybridized carbons (Fsp3) is 0.231. The van der Waals surface area contributed by atoms with E-state index in [1.165, 1.54) is 71.4 Å². The Balaban J connectivity index is 1.72. The van der Waals surface area contributed by atoms with E-state index in [2.05, 4.69) is 15.0 Å². The highest BCUT2D eigenvalue weighted by atomic mass is 32.2. The van der Waals surface area contributed by atoms with Crippen LogP contribution in [0.15, 0.2) is 53.9 Å². The van der Waals surface area contributed by atoms with E-state index < -0.39 is 33.3 Å². The molecule has 0 spiro atoms. The summed E-state index contributed by atoms with van der Waals surface area (Å²) in [5, 5.41) is 9.40. The highest BCUT2D eigenvalue weighted by Gasteiger charge is 2.59. The molecule has 0 unspecified atom stereocenters. The van der Waals surface area contributed by atoms with Crippen molar-refractivity contribution in [2.75, 3.05) is 5.75 Å². The Morgan fingerprint density at radius 1 is 1.00 bits per heavy atom. The molecular weight excluding hydrogens is 588 g/mol. The molecule has 4 aromatic heterocycles. The average Bonchev–Trinajstić information content (AvgIpc) is 3.61. The summed E-state index contributed by atoms with van der Waals surface area (Å²) in [5.41, 5.74) is -0.981. The van der Waals surface area contributed by atoms with Gasteiger partial charge in [-0.1, -0.05) is 19.1 Å². The minimum Gasteiger partial charge on any atom is -0.310 e. The summed E-state index contributed by atoms with van der Waals surface area (Å²) < 4.78 is 111. The number of alkyl halides is 5. The van der Waals surface area contributed by atoms with Gasteiger partial charge in [0.25, 0.3) is 0 Å². The molecule has 5 rings (SSSR count). The lowest BCUT2D eigenvalue weighted by Gasteiger charge is -2.19. The van der Waals surface area contributed by atoms with Gasteiger partial charge in [-0.3, -0.25) is 4.57 Å². The molecule has 0 radical (unpaired) electrons. The second-order valence-corrected chi connectivity index (χ2v) is 11.5. The smallest absolute Gasteiger partial charge is 0.310 e. The van der Waals surface area contributed by atoms with Gasteiger partial charge in [0, 0.05) is 38.2 Å². The maximum Gasteiger partial charge on any atom is 0.458 e. The number of rotatable bonds is 6. The lowest BCUT2D eigenvalue weighted by atomic mass is 10.1. The number of aromatic nitrogens is 6. The third-order valence-corrected chi connectivity index (χ3v) is 8.48. The van der Waals surface area contributed by atoms with Gasteiger partial charge in [0.05, 0.1) is 16.9 Å². The molecule has 0 aliphatic carbocycles. The fourth-order valence-electron chi connectivity index (χ4n) is 4.48. The molecule has 4 heterocycles. The van der Waals surface area contributed by atoms with Crippen molar-refractivity contribution in [1.29, 1.82) is 5.26 Å². The van der Waals surface area contributed by atoms with Crippen LogP contribution in [0.2, 0.25) is 0 Å². The van der Waals surface area contributed by atoms with Gasteiger partial charge in [0.1, 0.15) is 23.1 Å². The SMILES string of the molecule is CCS(=O)(=O)c1c(-c2nc3cc(C(F)(F)C(F)(F)F)cnc3n2C)nc(-n2cc(C#N)c(-c3ccc(F)cc3)c2)n1C. The normalized spacial score (nSPS) is 12.7. The Kier molecular flexibility index (Phi) is 6.68. The van der Waals surface area contributed by atoms with E-state index in [0.29, 0.717) is 23.4 Å². The Labute approximate surface area is 234 Å².